The zero-order valence-corrected chi connectivity index (χ0v) is 22.4. The Kier molecular flexibility index (Phi) is 7.57. The Morgan fingerprint density at radius 3 is 2.62 bits per heavy atom. The summed E-state index contributed by atoms with van der Waals surface area (Å²) >= 11 is 0. The molecule has 0 radical (unpaired) electrons. The number of amides is 1. The topological polar surface area (TPSA) is 110 Å². The van der Waals surface area contributed by atoms with Crippen LogP contribution in [0.4, 0.5) is 0 Å². The van der Waals surface area contributed by atoms with Gasteiger partial charge in [0.1, 0.15) is 0 Å². The van der Waals surface area contributed by atoms with Crippen molar-refractivity contribution in [3.8, 4) is 0 Å². The summed E-state index contributed by atoms with van der Waals surface area (Å²) in [5.74, 6) is -1.48. The van der Waals surface area contributed by atoms with Gasteiger partial charge in [-0.05, 0) is 57.8 Å². The number of nitrogens with zero attached hydrogens (tertiary/aromatic N) is 1. The number of ether oxygens (including phenoxy) is 4. The predicted octanol–water partition coefficient (Wildman–Crippen LogP) is 3.32. The fourth-order valence-corrected chi connectivity index (χ4v) is 7.22. The smallest absolute Gasteiger partial charge is 0.310 e. The van der Waals surface area contributed by atoms with E-state index in [1.54, 1.807) is 11.8 Å². The van der Waals surface area contributed by atoms with E-state index >= 15 is 0 Å². The van der Waals surface area contributed by atoms with Crippen molar-refractivity contribution < 1.29 is 43.1 Å². The van der Waals surface area contributed by atoms with Gasteiger partial charge >= 0.3 is 11.9 Å². The van der Waals surface area contributed by atoms with E-state index in [1.165, 1.54) is 0 Å². The minimum Gasteiger partial charge on any atom is -0.466 e. The second-order valence-corrected chi connectivity index (χ2v) is 11.7. The molecular formula is C27H41NO9. The first-order valence-corrected chi connectivity index (χ1v) is 14.0. The molecule has 0 aromatic carbocycles. The number of hydrogen-bond donors (Lipinski definition) is 0. The van der Waals surface area contributed by atoms with Crippen LogP contribution in [-0.2, 0) is 43.1 Å². The van der Waals surface area contributed by atoms with Gasteiger partial charge in [0.2, 0.25) is 18.0 Å². The Labute approximate surface area is 218 Å². The Bertz CT molecular complexity index is 897. The van der Waals surface area contributed by atoms with Crippen LogP contribution in [-0.4, -0.2) is 66.4 Å². The Morgan fingerprint density at radius 2 is 1.84 bits per heavy atom. The molecule has 5 saturated heterocycles. The van der Waals surface area contributed by atoms with Crippen molar-refractivity contribution in [2.45, 2.75) is 103 Å². The van der Waals surface area contributed by atoms with Crippen molar-refractivity contribution in [3.05, 3.63) is 0 Å². The summed E-state index contributed by atoms with van der Waals surface area (Å²) in [7, 11) is 0. The molecule has 9 atom stereocenters. The van der Waals surface area contributed by atoms with Crippen molar-refractivity contribution in [2.75, 3.05) is 19.7 Å². The van der Waals surface area contributed by atoms with Gasteiger partial charge in [0, 0.05) is 37.8 Å². The maximum atomic E-state index is 12.8. The molecule has 6 fully saturated rings. The van der Waals surface area contributed by atoms with E-state index in [9.17, 15) is 14.4 Å². The molecule has 5 aliphatic heterocycles. The number of carbonyl (C=O) groups is 3. The van der Waals surface area contributed by atoms with Crippen molar-refractivity contribution in [2.24, 2.45) is 29.6 Å². The van der Waals surface area contributed by atoms with Crippen LogP contribution in [0.1, 0.15) is 79.1 Å². The molecule has 0 aromatic rings. The zero-order chi connectivity index (χ0) is 26.4. The van der Waals surface area contributed by atoms with E-state index in [0.29, 0.717) is 38.5 Å². The minimum atomic E-state index is -0.894. The summed E-state index contributed by atoms with van der Waals surface area (Å²) in [6, 6.07) is 0. The van der Waals surface area contributed by atoms with E-state index in [1.807, 2.05) is 13.8 Å². The van der Waals surface area contributed by atoms with Crippen molar-refractivity contribution in [1.82, 2.24) is 4.90 Å². The van der Waals surface area contributed by atoms with Gasteiger partial charge in [0.05, 0.1) is 18.9 Å². The molecule has 2 bridgehead atoms. The Morgan fingerprint density at radius 1 is 1.03 bits per heavy atom. The number of likely N-dealkylation sites (tertiary alicyclic amines) is 1. The van der Waals surface area contributed by atoms with Crippen LogP contribution in [0.15, 0.2) is 0 Å². The molecule has 5 heterocycles. The van der Waals surface area contributed by atoms with Crippen molar-refractivity contribution in [3.63, 3.8) is 0 Å². The molecule has 1 spiro atoms. The fraction of sp³-hybridized carbons (Fsp3) is 0.889. The average Bonchev–Trinajstić information content (AvgIpc) is 3.11. The van der Waals surface area contributed by atoms with Crippen LogP contribution >= 0.6 is 0 Å². The first-order chi connectivity index (χ1) is 17.7. The normalized spacial score (nSPS) is 42.9. The lowest BCUT2D eigenvalue weighted by molar-refractivity contribution is -0.576. The summed E-state index contributed by atoms with van der Waals surface area (Å²) in [5, 5.41) is 0. The molecule has 1 amide bonds. The van der Waals surface area contributed by atoms with Crippen molar-refractivity contribution >= 4 is 17.8 Å². The van der Waals surface area contributed by atoms with Gasteiger partial charge in [-0.1, -0.05) is 13.8 Å². The number of rotatable bonds is 6. The summed E-state index contributed by atoms with van der Waals surface area (Å²) in [5.41, 5.74) is -0.713. The van der Waals surface area contributed by atoms with Crippen molar-refractivity contribution in [1.29, 1.82) is 0 Å². The van der Waals surface area contributed by atoms with E-state index in [0.717, 1.165) is 25.7 Å². The van der Waals surface area contributed by atoms with Gasteiger partial charge in [-0.3, -0.25) is 14.4 Å². The average molecular weight is 524 g/mol. The largest absolute Gasteiger partial charge is 0.466 e. The van der Waals surface area contributed by atoms with Crippen LogP contribution in [0.3, 0.4) is 0 Å². The molecule has 10 nitrogen and oxygen atoms in total. The van der Waals surface area contributed by atoms with Gasteiger partial charge in [-0.25, -0.2) is 9.78 Å². The quantitative estimate of drug-likeness (QED) is 0.382. The molecule has 6 rings (SSSR count). The number of carbonyl (C=O) groups excluding carboxylic acids is 3. The zero-order valence-electron chi connectivity index (χ0n) is 22.4. The summed E-state index contributed by atoms with van der Waals surface area (Å²) in [4.78, 5) is 51.3. The summed E-state index contributed by atoms with van der Waals surface area (Å²) in [6.45, 7) is 9.14. The Balaban J connectivity index is 1.19. The number of fused-ring (bicyclic) bond motifs is 2. The van der Waals surface area contributed by atoms with Crippen LogP contribution in [0, 0.1) is 29.6 Å². The number of hydrogen-bond acceptors (Lipinski definition) is 9. The molecule has 208 valence electrons. The van der Waals surface area contributed by atoms with Crippen LogP contribution in [0.2, 0.25) is 0 Å². The third-order valence-electron chi connectivity index (χ3n) is 9.28. The minimum absolute atomic E-state index is 0.0252. The second-order valence-electron chi connectivity index (χ2n) is 11.7. The lowest BCUT2D eigenvalue weighted by Crippen LogP contribution is -2.70. The lowest BCUT2D eigenvalue weighted by Gasteiger charge is -2.59. The standard InChI is InChI=1S/C27H41NO9/c1-5-32-23(31)18-7-6-14-28(15-18)21(29)10-11-22(30)33-24-17(3)20-9-8-16(2)19-12-13-26(4)35-25(34-24)27(19,20)37-36-26/h16-20,24-25H,5-15H2,1-4H3/t16-,17-,18-,19-,20-,24-,25-,26+,27-/m1/s1. The van der Waals surface area contributed by atoms with Crippen LogP contribution < -0.4 is 0 Å². The fourth-order valence-electron chi connectivity index (χ4n) is 7.22. The lowest BCUT2D eigenvalue weighted by atomic mass is 9.58. The third kappa shape index (κ3) is 4.90. The SMILES string of the molecule is CCOC(=O)[C@@H]1CCCN(C(=O)CCC(=O)O[C@@H]2O[C@@H]3O[C@]4(C)CC[C@@H]5[C@H](C)CC[C@H]([C@H]2C)[C@@]35OO4)C1. The van der Waals surface area contributed by atoms with E-state index in [2.05, 4.69) is 6.92 Å². The van der Waals surface area contributed by atoms with Gasteiger partial charge in [0.25, 0.3) is 0 Å². The molecule has 37 heavy (non-hydrogen) atoms. The number of piperidine rings is 1. The van der Waals surface area contributed by atoms with Gasteiger partial charge in [0.15, 0.2) is 11.9 Å². The molecule has 10 heteroatoms. The molecule has 0 unspecified atom stereocenters. The van der Waals surface area contributed by atoms with Crippen LogP contribution in [0.5, 0.6) is 0 Å². The first-order valence-electron chi connectivity index (χ1n) is 14.0. The van der Waals surface area contributed by atoms with Gasteiger partial charge < -0.3 is 23.8 Å². The van der Waals surface area contributed by atoms with E-state index in [4.69, 9.17) is 28.7 Å². The molecule has 0 aromatic heterocycles. The highest BCUT2D eigenvalue weighted by atomic mass is 17.3. The molecular weight excluding hydrogens is 482 g/mol. The van der Waals surface area contributed by atoms with Gasteiger partial charge in [-0.15, -0.1) is 0 Å². The molecule has 1 aliphatic carbocycles. The maximum Gasteiger partial charge on any atom is 0.310 e. The van der Waals surface area contributed by atoms with Crippen LogP contribution in [0.25, 0.3) is 0 Å². The van der Waals surface area contributed by atoms with E-state index in [-0.39, 0.29) is 48.4 Å². The second kappa shape index (κ2) is 10.4. The highest BCUT2D eigenvalue weighted by molar-refractivity contribution is 5.82. The van der Waals surface area contributed by atoms with E-state index < -0.39 is 29.9 Å². The molecule has 1 saturated carbocycles. The molecule has 6 aliphatic rings. The van der Waals surface area contributed by atoms with Gasteiger partial charge in [-0.2, -0.15) is 0 Å². The monoisotopic (exact) mass is 523 g/mol. The Hall–Kier alpha value is -1.75. The maximum absolute atomic E-state index is 12.8. The molecule has 0 N–H and O–H groups in total. The highest BCUT2D eigenvalue weighted by Gasteiger charge is 2.69. The summed E-state index contributed by atoms with van der Waals surface area (Å²) in [6.07, 6.45) is 3.57. The first kappa shape index (κ1) is 26.8. The predicted molar refractivity (Wildman–Crippen MR) is 128 cm³/mol. The third-order valence-corrected chi connectivity index (χ3v) is 9.28. The highest BCUT2D eigenvalue weighted by Crippen LogP contribution is 2.60. The summed E-state index contributed by atoms with van der Waals surface area (Å²) < 4.78 is 23.5. The number of esters is 2.